The van der Waals surface area contributed by atoms with Crippen molar-refractivity contribution < 1.29 is 16.8 Å². The molecule has 181 valence electrons. The van der Waals surface area contributed by atoms with E-state index in [2.05, 4.69) is 120 Å². The molecule has 0 saturated heterocycles. The molecule has 0 amide bonds. The van der Waals surface area contributed by atoms with E-state index in [1.807, 2.05) is 0 Å². The Bertz CT molecular complexity index is 324. The minimum absolute atomic E-state index is 0. The van der Waals surface area contributed by atoms with E-state index in [1.54, 1.807) is 0 Å². The zero-order valence-corrected chi connectivity index (χ0v) is 29.5. The Morgan fingerprint density at radius 1 is 0.414 bits per heavy atom. The molecule has 0 rings (SSSR count). The van der Waals surface area contributed by atoms with Gasteiger partial charge in [0, 0.05) is 7.92 Å². The van der Waals surface area contributed by atoms with Crippen molar-refractivity contribution in [2.75, 3.05) is 0 Å². The molecule has 29 heavy (non-hydrogen) atoms. The van der Waals surface area contributed by atoms with Gasteiger partial charge in [0.15, 0.2) is 0 Å². The third-order valence-electron chi connectivity index (χ3n) is 3.34. The molecule has 0 aromatic rings. The molecule has 0 aliphatic heterocycles. The Labute approximate surface area is 203 Å². The molecule has 0 bridgehead atoms. The van der Waals surface area contributed by atoms with Crippen LogP contribution in [0.3, 0.4) is 0 Å². The molecule has 0 saturated carbocycles. The fourth-order valence-corrected chi connectivity index (χ4v) is 24.1. The van der Waals surface area contributed by atoms with Gasteiger partial charge in [0.05, 0.1) is 17.0 Å². The van der Waals surface area contributed by atoms with E-state index >= 15 is 0 Å². The molecule has 1 radical (unpaired) electrons. The fourth-order valence-electron chi connectivity index (χ4n) is 4.01. The first-order valence-corrected chi connectivity index (χ1v) is 26.7. The van der Waals surface area contributed by atoms with Gasteiger partial charge in [-0.2, -0.15) is 0 Å². The van der Waals surface area contributed by atoms with Crippen molar-refractivity contribution in [2.24, 2.45) is 0 Å². The van der Waals surface area contributed by atoms with Crippen molar-refractivity contribution in [2.45, 2.75) is 137 Å². The van der Waals surface area contributed by atoms with Crippen LogP contribution in [0.25, 0.3) is 9.30 Å². The number of nitrogens with zero attached hydrogens (tertiary/aromatic N) is 2. The van der Waals surface area contributed by atoms with Gasteiger partial charge < -0.3 is 9.30 Å². The summed E-state index contributed by atoms with van der Waals surface area (Å²) in [5.74, 6) is 0. The van der Waals surface area contributed by atoms with Crippen molar-refractivity contribution in [3.05, 3.63) is 9.30 Å². The third-order valence-corrected chi connectivity index (χ3v) is 18.1. The Morgan fingerprint density at radius 3 is 0.552 bits per heavy atom. The minimum Gasteiger partial charge on any atom is -0.668 e. The van der Waals surface area contributed by atoms with Crippen LogP contribution in [-0.2, 0) is 16.8 Å². The molecule has 0 heterocycles. The average molecular weight is 541 g/mol. The molecule has 0 aromatic carbocycles. The SMILES string of the molecule is CC(C)[PH+](C(C)C)C(C)C.C[Si](C)(C)[N-][Si](C)(C)C.C[Si](C)(C)[N-][Si](C)(C)C.[Co+2]. The first-order chi connectivity index (χ1) is 11.9. The Balaban J connectivity index is -0.000000159. The maximum absolute atomic E-state index is 4.82. The molecule has 0 spiro atoms. The maximum atomic E-state index is 4.82. The van der Waals surface area contributed by atoms with Crippen LogP contribution in [0.5, 0.6) is 0 Å². The van der Waals surface area contributed by atoms with Gasteiger partial charge in [0.1, 0.15) is 0 Å². The van der Waals surface area contributed by atoms with Crippen LogP contribution in [0.2, 0.25) is 78.6 Å². The molecule has 0 fully saturated rings. The van der Waals surface area contributed by atoms with Gasteiger partial charge in [-0.1, -0.05) is 112 Å². The van der Waals surface area contributed by atoms with E-state index in [9.17, 15) is 0 Å². The normalized spacial score (nSPS) is 13.0. The fraction of sp³-hybridized carbons (Fsp3) is 1.00. The molecule has 0 N–H and O–H groups in total. The van der Waals surface area contributed by atoms with Crippen molar-refractivity contribution in [1.29, 1.82) is 0 Å². The second kappa shape index (κ2) is 15.5. The van der Waals surface area contributed by atoms with Crippen LogP contribution in [0.1, 0.15) is 41.5 Å². The minimum atomic E-state index is -1.11. The summed E-state index contributed by atoms with van der Waals surface area (Å²) in [5.41, 5.74) is 2.81. The molecule has 0 aliphatic rings. The van der Waals surface area contributed by atoms with E-state index in [0.717, 1.165) is 17.0 Å². The largest absolute Gasteiger partial charge is 2.00 e. The van der Waals surface area contributed by atoms with Gasteiger partial charge >= 0.3 is 16.8 Å². The number of rotatable bonds is 7. The number of hydrogen-bond donors (Lipinski definition) is 0. The summed E-state index contributed by atoms with van der Waals surface area (Å²) in [6, 6.07) is 0. The van der Waals surface area contributed by atoms with Crippen LogP contribution in [-0.4, -0.2) is 49.9 Å². The standard InChI is InChI=1S/C9H21P.2C6H18NSi2.Co/c1-7(2)10(8(3)4)9(5)6;2*1-8(2,3)7-9(4,5)6;/h7-9H,1-6H3;2*1-6H3;/q;2*-1;+2/p+1. The zero-order valence-electron chi connectivity index (χ0n) is 23.5. The summed E-state index contributed by atoms with van der Waals surface area (Å²) in [7, 11) is -4.52. The van der Waals surface area contributed by atoms with Crippen molar-refractivity contribution in [3.63, 3.8) is 0 Å². The van der Waals surface area contributed by atoms with Crippen molar-refractivity contribution in [3.8, 4) is 0 Å². The topological polar surface area (TPSA) is 28.2 Å². The monoisotopic (exact) mass is 540 g/mol. The van der Waals surface area contributed by atoms with Gasteiger partial charge in [0.25, 0.3) is 0 Å². The van der Waals surface area contributed by atoms with Gasteiger partial charge in [-0.05, 0) is 41.5 Å². The molecule has 0 unspecified atom stereocenters. The van der Waals surface area contributed by atoms with Crippen LogP contribution in [0, 0.1) is 0 Å². The maximum Gasteiger partial charge on any atom is 2.00 e. The predicted molar refractivity (Wildman–Crippen MR) is 154 cm³/mol. The smallest absolute Gasteiger partial charge is 0.668 e. The second-order valence-corrected chi connectivity index (χ2v) is 36.5. The van der Waals surface area contributed by atoms with Crippen LogP contribution < -0.4 is 0 Å². The quantitative estimate of drug-likeness (QED) is 0.227. The van der Waals surface area contributed by atoms with Crippen LogP contribution in [0.15, 0.2) is 0 Å². The Kier molecular flexibility index (Phi) is 20.4. The summed E-state index contributed by atoms with van der Waals surface area (Å²) in [6.45, 7) is 41.8. The first kappa shape index (κ1) is 38.0. The summed E-state index contributed by atoms with van der Waals surface area (Å²) in [5, 5.41) is 0. The van der Waals surface area contributed by atoms with Crippen LogP contribution in [0.4, 0.5) is 0 Å². The van der Waals surface area contributed by atoms with Gasteiger partial charge in [0.2, 0.25) is 0 Å². The van der Waals surface area contributed by atoms with Gasteiger partial charge in [-0.15, -0.1) is 0 Å². The van der Waals surface area contributed by atoms with E-state index in [-0.39, 0.29) is 24.7 Å². The van der Waals surface area contributed by atoms with E-state index in [0.29, 0.717) is 0 Å². The summed E-state index contributed by atoms with van der Waals surface area (Å²) >= 11 is 0. The molecule has 0 aromatic heterocycles. The predicted octanol–water partition coefficient (Wildman–Crippen LogP) is 9.48. The Hall–Kier alpha value is 1.72. The molecule has 0 aliphatic carbocycles. The van der Waals surface area contributed by atoms with Gasteiger partial charge in [-0.3, -0.25) is 0 Å². The average Bonchev–Trinajstić information content (AvgIpc) is 2.15. The molecule has 2 nitrogen and oxygen atoms in total. The first-order valence-electron chi connectivity index (χ1n) is 11.2. The molecular formula is C21H58CoN2PSi4+. The van der Waals surface area contributed by atoms with Crippen LogP contribution >= 0.6 is 7.92 Å². The van der Waals surface area contributed by atoms with E-state index in [1.165, 1.54) is 0 Å². The third kappa shape index (κ3) is 34.5. The van der Waals surface area contributed by atoms with Crippen molar-refractivity contribution >= 4 is 40.9 Å². The van der Waals surface area contributed by atoms with E-state index < -0.39 is 32.9 Å². The summed E-state index contributed by atoms with van der Waals surface area (Å²) < 4.78 is 9.64. The molecular weight excluding hydrogens is 482 g/mol. The number of hydrogen-bond acceptors (Lipinski definition) is 0. The van der Waals surface area contributed by atoms with E-state index in [4.69, 9.17) is 9.30 Å². The second-order valence-electron chi connectivity index (χ2n) is 12.9. The Morgan fingerprint density at radius 2 is 0.552 bits per heavy atom. The zero-order chi connectivity index (χ0) is 23.7. The van der Waals surface area contributed by atoms with Gasteiger partial charge in [-0.25, -0.2) is 0 Å². The summed E-state index contributed by atoms with van der Waals surface area (Å²) in [6.07, 6.45) is 0. The van der Waals surface area contributed by atoms with Crippen molar-refractivity contribution in [1.82, 2.24) is 0 Å². The summed E-state index contributed by atoms with van der Waals surface area (Å²) in [4.78, 5) is 0. The molecule has 8 heteroatoms. The molecule has 0 atom stereocenters.